The third-order valence-electron chi connectivity index (χ3n) is 3.16. The minimum Gasteiger partial charge on any atom is -0.399 e. The zero-order chi connectivity index (χ0) is 14.7. The summed E-state index contributed by atoms with van der Waals surface area (Å²) in [6, 6.07) is 13.5. The highest BCUT2D eigenvalue weighted by atomic mass is 35.5. The molecule has 4 heteroatoms. The molecule has 2 rings (SSSR count). The van der Waals surface area contributed by atoms with Gasteiger partial charge in [-0.1, -0.05) is 17.7 Å². The molecule has 102 valence electrons. The van der Waals surface area contributed by atoms with E-state index in [4.69, 9.17) is 17.3 Å². The molecule has 0 aromatic heterocycles. The lowest BCUT2D eigenvalue weighted by molar-refractivity contribution is 0.921. The number of benzene rings is 2. The van der Waals surface area contributed by atoms with Gasteiger partial charge in [0.1, 0.15) is 6.07 Å². The van der Waals surface area contributed by atoms with Crippen molar-refractivity contribution in [2.45, 2.75) is 13.5 Å². The Labute approximate surface area is 124 Å². The van der Waals surface area contributed by atoms with Gasteiger partial charge >= 0.3 is 0 Å². The van der Waals surface area contributed by atoms with Crippen LogP contribution in [0.5, 0.6) is 0 Å². The van der Waals surface area contributed by atoms with Gasteiger partial charge in [0.15, 0.2) is 0 Å². The predicted octanol–water partition coefficient (Wildman–Crippen LogP) is 3.74. The number of nitrogen functional groups attached to an aromatic ring is 1. The summed E-state index contributed by atoms with van der Waals surface area (Å²) < 4.78 is 0. The summed E-state index contributed by atoms with van der Waals surface area (Å²) in [6.07, 6.45) is 0. The molecule has 0 saturated carbocycles. The van der Waals surface area contributed by atoms with Gasteiger partial charge in [-0.2, -0.15) is 5.26 Å². The number of hydrogen-bond acceptors (Lipinski definition) is 3. The number of nitrogens with zero attached hydrogens (tertiary/aromatic N) is 2. The number of nitriles is 1. The van der Waals surface area contributed by atoms with Crippen LogP contribution in [0.25, 0.3) is 0 Å². The highest BCUT2D eigenvalue weighted by molar-refractivity contribution is 6.31. The average Bonchev–Trinajstić information content (AvgIpc) is 2.42. The van der Waals surface area contributed by atoms with Crippen molar-refractivity contribution in [2.24, 2.45) is 0 Å². The van der Waals surface area contributed by atoms with Gasteiger partial charge in [0.05, 0.1) is 11.3 Å². The van der Waals surface area contributed by atoms with E-state index in [9.17, 15) is 5.26 Å². The summed E-state index contributed by atoms with van der Waals surface area (Å²) in [5.41, 5.74) is 10.0. The van der Waals surface area contributed by atoms with Crippen LogP contribution in [0, 0.1) is 18.3 Å². The lowest BCUT2D eigenvalue weighted by atomic mass is 10.1. The fraction of sp³-hybridized carbons (Fsp3) is 0.188. The second kappa shape index (κ2) is 5.85. The predicted molar refractivity (Wildman–Crippen MR) is 83.9 cm³/mol. The maximum absolute atomic E-state index is 9.23. The molecule has 3 nitrogen and oxygen atoms in total. The van der Waals surface area contributed by atoms with Crippen molar-refractivity contribution < 1.29 is 0 Å². The van der Waals surface area contributed by atoms with E-state index in [0.717, 1.165) is 16.8 Å². The van der Waals surface area contributed by atoms with Gasteiger partial charge in [-0.3, -0.25) is 0 Å². The van der Waals surface area contributed by atoms with Crippen molar-refractivity contribution in [2.75, 3.05) is 17.7 Å². The number of anilines is 2. The standard InChI is InChI=1S/C16H16ClN3/c1-11-3-6-16(12(7-11)9-18)20(2)10-13-8-14(19)4-5-15(13)17/h3-8H,10,19H2,1-2H3. The number of aryl methyl sites for hydroxylation is 1. The molecule has 0 amide bonds. The molecule has 0 unspecified atom stereocenters. The van der Waals surface area contributed by atoms with E-state index in [-0.39, 0.29) is 0 Å². The van der Waals surface area contributed by atoms with Crippen molar-refractivity contribution >= 4 is 23.0 Å². The van der Waals surface area contributed by atoms with Gasteiger partial charge in [0.2, 0.25) is 0 Å². The van der Waals surface area contributed by atoms with E-state index in [1.165, 1.54) is 0 Å². The van der Waals surface area contributed by atoms with Crippen LogP contribution in [0.3, 0.4) is 0 Å². The molecule has 0 aliphatic carbocycles. The van der Waals surface area contributed by atoms with Gasteiger partial charge in [0.25, 0.3) is 0 Å². The lowest BCUT2D eigenvalue weighted by Gasteiger charge is -2.21. The van der Waals surface area contributed by atoms with Gasteiger partial charge in [0, 0.05) is 24.3 Å². The molecular formula is C16H16ClN3. The summed E-state index contributed by atoms with van der Waals surface area (Å²) in [6.45, 7) is 2.57. The third-order valence-corrected chi connectivity index (χ3v) is 3.53. The highest BCUT2D eigenvalue weighted by Crippen LogP contribution is 2.25. The smallest absolute Gasteiger partial charge is 0.101 e. The normalized spacial score (nSPS) is 10.1. The monoisotopic (exact) mass is 285 g/mol. The van der Waals surface area contributed by atoms with Gasteiger partial charge in [-0.15, -0.1) is 0 Å². The second-order valence-corrected chi connectivity index (χ2v) is 5.25. The molecular weight excluding hydrogens is 270 g/mol. The minimum atomic E-state index is 0.599. The third kappa shape index (κ3) is 3.04. The molecule has 0 saturated heterocycles. The molecule has 20 heavy (non-hydrogen) atoms. The maximum atomic E-state index is 9.23. The van der Waals surface area contributed by atoms with E-state index in [1.807, 2.05) is 43.1 Å². The SMILES string of the molecule is Cc1ccc(N(C)Cc2cc(N)ccc2Cl)c(C#N)c1. The molecule has 0 radical (unpaired) electrons. The van der Waals surface area contributed by atoms with Crippen molar-refractivity contribution in [3.05, 3.63) is 58.1 Å². The number of hydrogen-bond donors (Lipinski definition) is 1. The van der Waals surface area contributed by atoms with Crippen LogP contribution in [0.1, 0.15) is 16.7 Å². The first-order chi connectivity index (χ1) is 9.51. The Balaban J connectivity index is 2.31. The highest BCUT2D eigenvalue weighted by Gasteiger charge is 2.10. The van der Waals surface area contributed by atoms with Crippen molar-refractivity contribution in [3.63, 3.8) is 0 Å². The second-order valence-electron chi connectivity index (χ2n) is 4.84. The summed E-state index contributed by atoms with van der Waals surface area (Å²) in [7, 11) is 1.94. The summed E-state index contributed by atoms with van der Waals surface area (Å²) >= 11 is 6.18. The summed E-state index contributed by atoms with van der Waals surface area (Å²) in [5, 5.41) is 9.91. The molecule has 2 aromatic carbocycles. The van der Waals surface area contributed by atoms with Crippen LogP contribution in [0.15, 0.2) is 36.4 Å². The van der Waals surface area contributed by atoms with Crippen LogP contribution in [-0.4, -0.2) is 7.05 Å². The molecule has 0 aliphatic heterocycles. The minimum absolute atomic E-state index is 0.599. The molecule has 2 aromatic rings. The quantitative estimate of drug-likeness (QED) is 0.874. The van der Waals surface area contributed by atoms with E-state index < -0.39 is 0 Å². The lowest BCUT2D eigenvalue weighted by Crippen LogP contribution is -2.18. The maximum Gasteiger partial charge on any atom is 0.101 e. The van der Waals surface area contributed by atoms with Gasteiger partial charge in [-0.25, -0.2) is 0 Å². The number of nitrogens with two attached hydrogens (primary N) is 1. The topological polar surface area (TPSA) is 53.0 Å². The zero-order valence-electron chi connectivity index (χ0n) is 11.5. The van der Waals surface area contributed by atoms with Crippen molar-refractivity contribution in [1.82, 2.24) is 0 Å². The average molecular weight is 286 g/mol. The Morgan fingerprint density at radius 1 is 1.25 bits per heavy atom. The number of halogens is 1. The number of rotatable bonds is 3. The fourth-order valence-electron chi connectivity index (χ4n) is 2.13. The molecule has 0 aliphatic rings. The first-order valence-corrected chi connectivity index (χ1v) is 6.65. The Kier molecular flexibility index (Phi) is 4.16. The van der Waals surface area contributed by atoms with Crippen LogP contribution in [-0.2, 0) is 6.54 Å². The summed E-state index contributed by atoms with van der Waals surface area (Å²) in [5.74, 6) is 0. The van der Waals surface area contributed by atoms with Gasteiger partial charge in [-0.05, 0) is 48.4 Å². The van der Waals surface area contributed by atoms with E-state index in [2.05, 4.69) is 6.07 Å². The Morgan fingerprint density at radius 2 is 2.00 bits per heavy atom. The first-order valence-electron chi connectivity index (χ1n) is 6.27. The fourth-order valence-corrected chi connectivity index (χ4v) is 2.31. The molecule has 2 N–H and O–H groups in total. The molecule has 0 bridgehead atoms. The zero-order valence-corrected chi connectivity index (χ0v) is 12.3. The molecule has 0 fully saturated rings. The first kappa shape index (κ1) is 14.2. The Morgan fingerprint density at radius 3 is 2.70 bits per heavy atom. The Bertz CT molecular complexity index is 674. The Hall–Kier alpha value is -2.18. The van der Waals surface area contributed by atoms with Crippen molar-refractivity contribution in [3.8, 4) is 6.07 Å². The van der Waals surface area contributed by atoms with Crippen LogP contribution in [0.2, 0.25) is 5.02 Å². The van der Waals surface area contributed by atoms with Crippen molar-refractivity contribution in [1.29, 1.82) is 5.26 Å². The van der Waals surface area contributed by atoms with Gasteiger partial charge < -0.3 is 10.6 Å². The van der Waals surface area contributed by atoms with E-state index >= 15 is 0 Å². The van der Waals surface area contributed by atoms with Crippen LogP contribution < -0.4 is 10.6 Å². The summed E-state index contributed by atoms with van der Waals surface area (Å²) in [4.78, 5) is 2.00. The largest absolute Gasteiger partial charge is 0.399 e. The van der Waals surface area contributed by atoms with Crippen LogP contribution in [0.4, 0.5) is 11.4 Å². The van der Waals surface area contributed by atoms with E-state index in [0.29, 0.717) is 22.8 Å². The molecule has 0 atom stereocenters. The molecule has 0 heterocycles. The van der Waals surface area contributed by atoms with E-state index in [1.54, 1.807) is 12.1 Å². The molecule has 0 spiro atoms. The van der Waals surface area contributed by atoms with Crippen LogP contribution >= 0.6 is 11.6 Å².